The summed E-state index contributed by atoms with van der Waals surface area (Å²) in [7, 11) is -2.63. The molecule has 0 aromatic heterocycles. The third kappa shape index (κ3) is 3.18. The van der Waals surface area contributed by atoms with Crippen LogP contribution in [0.4, 0.5) is 0 Å². The summed E-state index contributed by atoms with van der Waals surface area (Å²) in [5, 5.41) is 1.79. The third-order valence-electron chi connectivity index (χ3n) is 5.36. The van der Waals surface area contributed by atoms with Crippen LogP contribution in [0.3, 0.4) is 0 Å². The van der Waals surface area contributed by atoms with Crippen LogP contribution >= 0.6 is 0 Å². The fourth-order valence-corrected chi connectivity index (χ4v) is 23.7. The first-order valence-electron chi connectivity index (χ1n) is 8.17. The first-order valence-corrected chi connectivity index (χ1v) is 17.8. The minimum absolute atomic E-state index is 0.250. The van der Waals surface area contributed by atoms with Gasteiger partial charge >= 0.3 is 0 Å². The van der Waals surface area contributed by atoms with Gasteiger partial charge in [-0.2, -0.15) is 0 Å². The molecule has 1 fully saturated rings. The lowest BCUT2D eigenvalue weighted by molar-refractivity contribution is 0.364. The second-order valence-electron chi connectivity index (χ2n) is 7.13. The maximum Gasteiger partial charge on any atom is 0.148 e. The van der Waals surface area contributed by atoms with Gasteiger partial charge in [0.2, 0.25) is 0 Å². The molecule has 112 valence electrons. The molecule has 1 nitrogen and oxygen atoms in total. The van der Waals surface area contributed by atoms with E-state index in [1.807, 2.05) is 0 Å². The summed E-state index contributed by atoms with van der Waals surface area (Å²) in [5.74, 6) is 0. The summed E-state index contributed by atoms with van der Waals surface area (Å²) < 4.78 is 5.98. The molecule has 1 aromatic rings. The molecule has 4 heteroatoms. The van der Waals surface area contributed by atoms with E-state index in [1.54, 1.807) is 10.8 Å². The molecule has 2 rings (SSSR count). The molecule has 0 aliphatic carbocycles. The molecule has 0 N–H and O–H groups in total. The van der Waals surface area contributed by atoms with Crippen LogP contribution in [0.2, 0.25) is 25.7 Å². The lowest BCUT2D eigenvalue weighted by Gasteiger charge is -2.45. The van der Waals surface area contributed by atoms with Crippen LogP contribution < -0.4 is 5.19 Å². The highest BCUT2D eigenvalue weighted by molar-refractivity contribution is 7.63. The SMILES string of the molecule is CCCCCc1ccccc1[Si]1(C)CCO[SiH2][Si]1(C)C. The first-order chi connectivity index (χ1) is 9.51. The highest BCUT2D eigenvalue weighted by atomic mass is 29.6. The molecule has 1 unspecified atom stereocenters. The summed E-state index contributed by atoms with van der Waals surface area (Å²) in [6.07, 6.45) is 5.33. The van der Waals surface area contributed by atoms with Gasteiger partial charge in [-0.15, -0.1) is 0 Å². The van der Waals surface area contributed by atoms with Crippen LogP contribution in [0.1, 0.15) is 31.7 Å². The Kier molecular flexibility index (Phi) is 5.45. The maximum atomic E-state index is 5.98. The number of hydrogen-bond acceptors (Lipinski definition) is 1. The number of unbranched alkanes of at least 4 members (excludes halogenated alkanes) is 2. The average molecular weight is 323 g/mol. The average Bonchev–Trinajstić information content (AvgIpc) is 2.43. The quantitative estimate of drug-likeness (QED) is 0.598. The summed E-state index contributed by atoms with van der Waals surface area (Å²) in [6.45, 7) is 11.3. The maximum absolute atomic E-state index is 5.98. The van der Waals surface area contributed by atoms with E-state index in [-0.39, 0.29) is 9.28 Å². The highest BCUT2D eigenvalue weighted by Crippen LogP contribution is 2.28. The van der Waals surface area contributed by atoms with Gasteiger partial charge in [0, 0.05) is 6.61 Å². The fourth-order valence-electron chi connectivity index (χ4n) is 3.44. The lowest BCUT2D eigenvalue weighted by atomic mass is 10.1. The van der Waals surface area contributed by atoms with E-state index in [0.717, 1.165) is 6.61 Å². The minimum Gasteiger partial charge on any atom is -0.428 e. The van der Waals surface area contributed by atoms with Crippen molar-refractivity contribution in [1.29, 1.82) is 0 Å². The Morgan fingerprint density at radius 3 is 2.60 bits per heavy atom. The van der Waals surface area contributed by atoms with Crippen LogP contribution in [-0.2, 0) is 10.8 Å². The second-order valence-corrected chi connectivity index (χ2v) is 31.0. The van der Waals surface area contributed by atoms with E-state index in [2.05, 4.69) is 50.8 Å². The summed E-state index contributed by atoms with van der Waals surface area (Å²) >= 11 is 0. The molecule has 0 bridgehead atoms. The molecular weight excluding hydrogens is 292 g/mol. The van der Waals surface area contributed by atoms with Crippen molar-refractivity contribution in [3.8, 4) is 0 Å². The summed E-state index contributed by atoms with van der Waals surface area (Å²) in [4.78, 5) is 0. The molecule has 1 aromatic carbocycles. The molecule has 1 atom stereocenters. The van der Waals surface area contributed by atoms with Crippen molar-refractivity contribution in [3.63, 3.8) is 0 Å². The second kappa shape index (κ2) is 6.73. The Morgan fingerprint density at radius 1 is 1.15 bits per heavy atom. The normalized spacial score (nSPS) is 26.8. The third-order valence-corrected chi connectivity index (χ3v) is 34.1. The van der Waals surface area contributed by atoms with Crippen molar-refractivity contribution in [2.75, 3.05) is 6.61 Å². The summed E-state index contributed by atoms with van der Waals surface area (Å²) in [5.41, 5.74) is 1.67. The van der Waals surface area contributed by atoms with E-state index >= 15 is 0 Å². The van der Waals surface area contributed by atoms with E-state index in [0.29, 0.717) is 0 Å². The fraction of sp³-hybridized carbons (Fsp3) is 0.625. The Bertz CT molecular complexity index is 447. The van der Waals surface area contributed by atoms with Gasteiger partial charge in [-0.1, -0.05) is 68.9 Å². The first kappa shape index (κ1) is 16.2. The molecule has 0 amide bonds. The van der Waals surface area contributed by atoms with Gasteiger partial charge < -0.3 is 4.43 Å². The van der Waals surface area contributed by atoms with E-state index in [9.17, 15) is 0 Å². The van der Waals surface area contributed by atoms with Crippen molar-refractivity contribution in [2.24, 2.45) is 0 Å². The molecule has 0 saturated carbocycles. The minimum atomic E-state index is -1.27. The standard InChI is InChI=1S/C16H30OSi3/c1-5-6-7-10-15-11-8-9-12-16(15)20(4)14-13-17-18-19(20,2)3/h8-9,11-12H,5-7,10,13-14,18H2,1-4H3. The number of hydrogen-bond donors (Lipinski definition) is 0. The van der Waals surface area contributed by atoms with Crippen LogP contribution in [0.5, 0.6) is 0 Å². The number of rotatable bonds is 5. The van der Waals surface area contributed by atoms with Crippen molar-refractivity contribution < 1.29 is 4.43 Å². The van der Waals surface area contributed by atoms with Gasteiger partial charge in [0.05, 0.1) is 14.7 Å². The van der Waals surface area contributed by atoms with Gasteiger partial charge in [-0.25, -0.2) is 0 Å². The van der Waals surface area contributed by atoms with Gasteiger partial charge in [0.25, 0.3) is 0 Å². The van der Waals surface area contributed by atoms with Crippen molar-refractivity contribution in [3.05, 3.63) is 29.8 Å². The van der Waals surface area contributed by atoms with Crippen molar-refractivity contribution >= 4 is 29.2 Å². The molecule has 1 aliphatic rings. The smallest absolute Gasteiger partial charge is 0.148 e. The molecule has 1 saturated heterocycles. The topological polar surface area (TPSA) is 9.23 Å². The number of aryl methyl sites for hydroxylation is 1. The Hall–Kier alpha value is -0.169. The van der Waals surface area contributed by atoms with Crippen LogP contribution in [0.15, 0.2) is 24.3 Å². The van der Waals surface area contributed by atoms with Crippen molar-refractivity contribution in [2.45, 2.75) is 58.3 Å². The van der Waals surface area contributed by atoms with E-state index in [1.165, 1.54) is 31.7 Å². The van der Waals surface area contributed by atoms with Crippen LogP contribution in [0, 0.1) is 0 Å². The molecule has 0 radical (unpaired) electrons. The van der Waals surface area contributed by atoms with Crippen molar-refractivity contribution in [1.82, 2.24) is 0 Å². The highest BCUT2D eigenvalue weighted by Gasteiger charge is 2.49. The Balaban J connectivity index is 2.30. The van der Waals surface area contributed by atoms with E-state index in [4.69, 9.17) is 4.43 Å². The monoisotopic (exact) mass is 322 g/mol. The van der Waals surface area contributed by atoms with Gasteiger partial charge in [0.1, 0.15) is 9.28 Å². The Labute approximate surface area is 128 Å². The van der Waals surface area contributed by atoms with Gasteiger partial charge in [-0.3, -0.25) is 0 Å². The molecule has 1 aliphatic heterocycles. The van der Waals surface area contributed by atoms with Crippen LogP contribution in [-0.4, -0.2) is 30.6 Å². The van der Waals surface area contributed by atoms with Gasteiger partial charge in [0.15, 0.2) is 0 Å². The molecule has 1 heterocycles. The largest absolute Gasteiger partial charge is 0.428 e. The molecule has 20 heavy (non-hydrogen) atoms. The zero-order valence-corrected chi connectivity index (χ0v) is 17.1. The summed E-state index contributed by atoms with van der Waals surface area (Å²) in [6, 6.07) is 10.8. The lowest BCUT2D eigenvalue weighted by Crippen LogP contribution is -2.71. The molecular formula is C16H30OSi3. The van der Waals surface area contributed by atoms with Crippen LogP contribution in [0.25, 0.3) is 0 Å². The zero-order valence-electron chi connectivity index (χ0n) is 13.7. The van der Waals surface area contributed by atoms with E-state index < -0.39 is 14.7 Å². The predicted octanol–water partition coefficient (Wildman–Crippen LogP) is 3.10. The zero-order chi connectivity index (χ0) is 14.6. The Morgan fingerprint density at radius 2 is 1.90 bits per heavy atom. The number of benzene rings is 1. The van der Waals surface area contributed by atoms with Gasteiger partial charge in [-0.05, 0) is 24.4 Å². The molecule has 0 spiro atoms. The predicted molar refractivity (Wildman–Crippen MR) is 97.7 cm³/mol.